The zero-order chi connectivity index (χ0) is 36.9. The van der Waals surface area contributed by atoms with Crippen molar-refractivity contribution in [1.29, 1.82) is 0 Å². The lowest BCUT2D eigenvalue weighted by atomic mass is 9.81. The smallest absolute Gasteiger partial charge is 0.475 e. The molecule has 0 bridgehead atoms. The normalized spacial score (nSPS) is 21.7. The van der Waals surface area contributed by atoms with Gasteiger partial charge in [0.25, 0.3) is 5.91 Å². The summed E-state index contributed by atoms with van der Waals surface area (Å²) >= 11 is 5.96. The van der Waals surface area contributed by atoms with Gasteiger partial charge in [-0.2, -0.15) is 13.2 Å². The summed E-state index contributed by atoms with van der Waals surface area (Å²) in [6, 6.07) is 9.84. The number of hydrogen-bond acceptors (Lipinski definition) is 7. The summed E-state index contributed by atoms with van der Waals surface area (Å²) in [7, 11) is -1.67. The van der Waals surface area contributed by atoms with E-state index in [0.29, 0.717) is 30.8 Å². The van der Waals surface area contributed by atoms with E-state index >= 15 is 0 Å². The molecule has 4 atom stereocenters. The van der Waals surface area contributed by atoms with Gasteiger partial charge in [-0.25, -0.2) is 13.2 Å². The van der Waals surface area contributed by atoms with Gasteiger partial charge >= 0.3 is 18.5 Å². The number of nitrogens with one attached hydrogen (secondary N) is 1. The third-order valence-corrected chi connectivity index (χ3v) is 10.5. The lowest BCUT2D eigenvalue weighted by molar-refractivity contribution is -0.274. The van der Waals surface area contributed by atoms with E-state index in [9.17, 15) is 44.3 Å². The molecule has 2 N–H and O–H groups in total. The van der Waals surface area contributed by atoms with Crippen LogP contribution in [0.3, 0.4) is 0 Å². The summed E-state index contributed by atoms with van der Waals surface area (Å²) in [5.41, 5.74) is -0.0767. The molecule has 2 amide bonds. The van der Waals surface area contributed by atoms with Crippen LogP contribution in [-0.4, -0.2) is 97.2 Å². The molecule has 2 fully saturated rings. The van der Waals surface area contributed by atoms with Crippen molar-refractivity contribution in [3.05, 3.63) is 59.1 Å². The van der Waals surface area contributed by atoms with Crippen molar-refractivity contribution in [1.82, 2.24) is 15.1 Å². The van der Waals surface area contributed by atoms with Crippen LogP contribution in [0.4, 0.5) is 26.3 Å². The number of rotatable bonds is 9. The third kappa shape index (κ3) is 11.2. The first-order valence-corrected chi connectivity index (χ1v) is 17.1. The van der Waals surface area contributed by atoms with E-state index in [4.69, 9.17) is 21.5 Å². The summed E-state index contributed by atoms with van der Waals surface area (Å²) in [6.45, 7) is 4.48. The fourth-order valence-corrected chi connectivity index (χ4v) is 7.66. The predicted octanol–water partition coefficient (Wildman–Crippen LogP) is 5.55. The van der Waals surface area contributed by atoms with Crippen LogP contribution in [0.25, 0.3) is 0 Å². The number of carbonyl (C=O) groups is 3. The zero-order valence-electron chi connectivity index (χ0n) is 26.6. The molecule has 1 aliphatic heterocycles. The maximum absolute atomic E-state index is 13.5. The van der Waals surface area contributed by atoms with Crippen molar-refractivity contribution in [2.75, 3.05) is 19.3 Å². The standard InChI is InChI=1S/C29H35ClF3N3O5S.C2HF3O2/c1-18(2)35(3)22-9-12-26(20(15-22)17-42(39,40)24-10-7-21(30)8-11-24)36-14-13-25(28(36)38)34-27(37)19-5-4-6-23(16-19)41-29(31,32)33;3-2(4,5)1(6)7/h4-8,10-11,16,18,20,22,25-26H,9,12-15,17H2,1-3H3,(H,34,37);(H,6,7)/t20-,22+,25-,26-;/m0./s1. The van der Waals surface area contributed by atoms with Crippen LogP contribution in [0.2, 0.25) is 5.02 Å². The Labute approximate surface area is 284 Å². The highest BCUT2D eigenvalue weighted by molar-refractivity contribution is 7.91. The lowest BCUT2D eigenvalue weighted by Gasteiger charge is -2.44. The summed E-state index contributed by atoms with van der Waals surface area (Å²) in [5, 5.41) is 10.2. The Morgan fingerprint density at radius 3 is 2.22 bits per heavy atom. The van der Waals surface area contributed by atoms with Crippen LogP contribution < -0.4 is 10.1 Å². The topological polar surface area (TPSA) is 133 Å². The van der Waals surface area contributed by atoms with E-state index in [-0.39, 0.29) is 46.2 Å². The number of halogens is 7. The fraction of sp³-hybridized carbons (Fsp3) is 0.516. The maximum Gasteiger partial charge on any atom is 0.573 e. The Morgan fingerprint density at radius 2 is 1.67 bits per heavy atom. The van der Waals surface area contributed by atoms with Gasteiger partial charge in [-0.1, -0.05) is 17.7 Å². The molecule has 49 heavy (non-hydrogen) atoms. The summed E-state index contributed by atoms with van der Waals surface area (Å²) < 4.78 is 100. The first-order chi connectivity index (χ1) is 22.6. The quantitative estimate of drug-likeness (QED) is 0.320. The minimum Gasteiger partial charge on any atom is -0.475 e. The first-order valence-electron chi connectivity index (χ1n) is 15.1. The molecule has 1 heterocycles. The predicted molar refractivity (Wildman–Crippen MR) is 166 cm³/mol. The van der Waals surface area contributed by atoms with Crippen molar-refractivity contribution < 1.29 is 59.0 Å². The monoisotopic (exact) mass is 743 g/mol. The van der Waals surface area contributed by atoms with Gasteiger partial charge in [0.05, 0.1) is 10.6 Å². The highest BCUT2D eigenvalue weighted by Gasteiger charge is 2.44. The van der Waals surface area contributed by atoms with Gasteiger partial charge < -0.3 is 25.0 Å². The van der Waals surface area contributed by atoms with Crippen LogP contribution in [0.1, 0.15) is 49.9 Å². The highest BCUT2D eigenvalue weighted by atomic mass is 35.5. The molecule has 2 aromatic carbocycles. The molecule has 2 aliphatic rings. The Balaban J connectivity index is 0.000000838. The number of nitrogens with zero attached hydrogens (tertiary/aromatic N) is 2. The van der Waals surface area contributed by atoms with E-state index in [1.807, 2.05) is 7.05 Å². The molecule has 0 spiro atoms. The number of carboxylic acid groups (broad SMARTS) is 1. The number of sulfone groups is 1. The number of carbonyl (C=O) groups excluding carboxylic acids is 2. The van der Waals surface area contributed by atoms with Gasteiger partial charge in [-0.3, -0.25) is 9.59 Å². The maximum atomic E-state index is 13.5. The molecule has 18 heteroatoms. The minimum atomic E-state index is -5.08. The van der Waals surface area contributed by atoms with Gasteiger partial charge in [0, 0.05) is 35.3 Å². The fourth-order valence-electron chi connectivity index (χ4n) is 5.87. The molecule has 4 rings (SSSR count). The van der Waals surface area contributed by atoms with Crippen molar-refractivity contribution in [3.8, 4) is 5.75 Å². The Morgan fingerprint density at radius 1 is 1.06 bits per heavy atom. The van der Waals surface area contributed by atoms with Gasteiger partial charge in [-0.15, -0.1) is 13.2 Å². The largest absolute Gasteiger partial charge is 0.573 e. The third-order valence-electron chi connectivity index (χ3n) is 8.43. The number of aliphatic carboxylic acids is 1. The molecular weight excluding hydrogens is 708 g/mol. The average molecular weight is 744 g/mol. The number of alkyl halides is 6. The Bertz CT molecular complexity index is 1590. The van der Waals surface area contributed by atoms with Crippen LogP contribution in [-0.2, 0) is 19.4 Å². The number of hydrogen-bond donors (Lipinski definition) is 2. The van der Waals surface area contributed by atoms with Gasteiger partial charge in [0.1, 0.15) is 11.8 Å². The van der Waals surface area contributed by atoms with Crippen LogP contribution in [0.5, 0.6) is 5.75 Å². The minimum absolute atomic E-state index is 0.0767. The second kappa shape index (κ2) is 16.0. The second-order valence-corrected chi connectivity index (χ2v) is 14.5. The SMILES string of the molecule is CC(C)N(C)[C@@H]1CC[C@H](N2CC[C@H](NC(=O)c3cccc(OC(F)(F)F)c3)C2=O)[C@H](CS(=O)(=O)c2ccc(Cl)cc2)C1.O=C(O)C(F)(F)F. The van der Waals surface area contributed by atoms with Crippen molar-refractivity contribution in [2.24, 2.45) is 5.92 Å². The van der Waals surface area contributed by atoms with Crippen LogP contribution in [0, 0.1) is 5.92 Å². The van der Waals surface area contributed by atoms with E-state index in [0.717, 1.165) is 18.6 Å². The molecule has 0 aromatic heterocycles. The van der Waals surface area contributed by atoms with Gasteiger partial charge in [-0.05, 0) is 95.0 Å². The molecule has 1 saturated carbocycles. The number of likely N-dealkylation sites (tertiary alicyclic amines) is 1. The lowest BCUT2D eigenvalue weighted by Crippen LogP contribution is -2.53. The van der Waals surface area contributed by atoms with Crippen molar-refractivity contribution >= 4 is 39.2 Å². The Kier molecular flexibility index (Phi) is 13.0. The van der Waals surface area contributed by atoms with E-state index in [1.165, 1.54) is 36.4 Å². The zero-order valence-corrected chi connectivity index (χ0v) is 28.2. The molecule has 2 aromatic rings. The van der Waals surface area contributed by atoms with Crippen LogP contribution in [0.15, 0.2) is 53.4 Å². The number of amides is 2. The molecule has 272 valence electrons. The first kappa shape index (κ1) is 39.9. The molecule has 0 radical (unpaired) electrons. The van der Waals surface area contributed by atoms with Crippen LogP contribution >= 0.6 is 11.6 Å². The van der Waals surface area contributed by atoms with E-state index in [2.05, 4.69) is 28.8 Å². The molecular formula is C31H36ClF6N3O7S. The van der Waals surface area contributed by atoms with E-state index in [1.54, 1.807) is 4.90 Å². The average Bonchev–Trinajstić information content (AvgIpc) is 3.34. The van der Waals surface area contributed by atoms with Gasteiger partial charge in [0.2, 0.25) is 5.91 Å². The summed E-state index contributed by atoms with van der Waals surface area (Å²) in [5.74, 6) is -4.82. The molecule has 0 unspecified atom stereocenters. The summed E-state index contributed by atoms with van der Waals surface area (Å²) in [4.78, 5) is 39.3. The molecule has 1 saturated heterocycles. The van der Waals surface area contributed by atoms with Crippen molar-refractivity contribution in [2.45, 2.75) is 81.1 Å². The summed E-state index contributed by atoms with van der Waals surface area (Å²) in [6.07, 6.45) is -7.72. The van der Waals surface area contributed by atoms with E-state index < -0.39 is 46.0 Å². The van der Waals surface area contributed by atoms with Crippen molar-refractivity contribution in [3.63, 3.8) is 0 Å². The molecule has 10 nitrogen and oxygen atoms in total. The van der Waals surface area contributed by atoms with Gasteiger partial charge in [0.15, 0.2) is 9.84 Å². The second-order valence-electron chi connectivity index (χ2n) is 12.0. The number of carboxylic acids is 1. The Hall–Kier alpha value is -3.57. The number of ether oxygens (including phenoxy) is 1. The highest BCUT2D eigenvalue weighted by Crippen LogP contribution is 2.36. The molecule has 1 aliphatic carbocycles. The number of benzene rings is 2.